The van der Waals surface area contributed by atoms with E-state index in [4.69, 9.17) is 11.6 Å². The lowest BCUT2D eigenvalue weighted by Crippen LogP contribution is -2.21. The third-order valence-corrected chi connectivity index (χ3v) is 4.20. The van der Waals surface area contributed by atoms with E-state index in [0.717, 1.165) is 24.3 Å². The molecule has 0 spiro atoms. The van der Waals surface area contributed by atoms with Crippen molar-refractivity contribution < 1.29 is 9.72 Å². The fraction of sp³-hybridized carbons (Fsp3) is 0.211. The van der Waals surface area contributed by atoms with Gasteiger partial charge in [-0.3, -0.25) is 14.9 Å². The molecule has 130 valence electrons. The summed E-state index contributed by atoms with van der Waals surface area (Å²) in [7, 11) is 0. The van der Waals surface area contributed by atoms with E-state index < -0.39 is 4.92 Å². The van der Waals surface area contributed by atoms with Gasteiger partial charge in [0, 0.05) is 30.4 Å². The molecule has 0 aliphatic carbocycles. The van der Waals surface area contributed by atoms with E-state index in [1.54, 1.807) is 6.08 Å². The molecule has 2 aromatic carbocycles. The first-order chi connectivity index (χ1) is 12.0. The topological polar surface area (TPSA) is 63.5 Å². The average molecular weight is 359 g/mol. The summed E-state index contributed by atoms with van der Waals surface area (Å²) in [5.41, 5.74) is 1.96. The Morgan fingerprint density at radius 1 is 1.16 bits per heavy atom. The molecule has 6 heteroatoms. The molecule has 0 fully saturated rings. The highest BCUT2D eigenvalue weighted by Gasteiger charge is 2.15. The molecule has 5 nitrogen and oxygen atoms in total. The van der Waals surface area contributed by atoms with Crippen LogP contribution in [0.2, 0.25) is 5.02 Å². The monoisotopic (exact) mass is 358 g/mol. The van der Waals surface area contributed by atoms with Crippen molar-refractivity contribution in [1.29, 1.82) is 0 Å². The molecule has 0 N–H and O–H groups in total. The van der Waals surface area contributed by atoms with E-state index >= 15 is 0 Å². The van der Waals surface area contributed by atoms with Crippen molar-refractivity contribution in [3.05, 3.63) is 74.8 Å². The van der Waals surface area contributed by atoms with Gasteiger partial charge in [-0.1, -0.05) is 29.8 Å². The predicted octanol–water partition coefficient (Wildman–Crippen LogP) is 4.99. The fourth-order valence-electron chi connectivity index (χ4n) is 2.46. The van der Waals surface area contributed by atoms with Crippen LogP contribution in [0.5, 0.6) is 0 Å². The van der Waals surface area contributed by atoms with Crippen LogP contribution in [0.25, 0.3) is 6.08 Å². The molecule has 0 radical (unpaired) electrons. The summed E-state index contributed by atoms with van der Waals surface area (Å²) in [6.07, 6.45) is 3.09. The summed E-state index contributed by atoms with van der Waals surface area (Å²) in [6.45, 7) is 6.06. The highest BCUT2D eigenvalue weighted by atomic mass is 35.5. The Morgan fingerprint density at radius 3 is 2.36 bits per heavy atom. The Bertz CT molecular complexity index is 797. The Kier molecular flexibility index (Phi) is 6.31. The number of nitro groups is 1. The number of carbonyl (C=O) groups is 1. The average Bonchev–Trinajstić information content (AvgIpc) is 2.62. The van der Waals surface area contributed by atoms with Crippen LogP contribution in [0.3, 0.4) is 0 Å². The van der Waals surface area contributed by atoms with Gasteiger partial charge >= 0.3 is 0 Å². The maximum atomic E-state index is 12.2. The summed E-state index contributed by atoms with van der Waals surface area (Å²) >= 11 is 5.76. The zero-order valence-corrected chi connectivity index (χ0v) is 14.9. The number of benzene rings is 2. The molecular weight excluding hydrogens is 340 g/mol. The van der Waals surface area contributed by atoms with Crippen molar-refractivity contribution >= 4 is 34.8 Å². The van der Waals surface area contributed by atoms with Gasteiger partial charge in [0.25, 0.3) is 5.69 Å². The fourth-order valence-corrected chi connectivity index (χ4v) is 2.65. The third-order valence-electron chi connectivity index (χ3n) is 3.88. The number of allylic oxidation sites excluding steroid dienone is 1. The molecule has 2 aromatic rings. The molecule has 0 aliphatic heterocycles. The second kappa shape index (κ2) is 8.44. The van der Waals surface area contributed by atoms with E-state index in [1.165, 1.54) is 24.3 Å². The summed E-state index contributed by atoms with van der Waals surface area (Å²) in [5, 5.41) is 10.9. The Balaban J connectivity index is 2.15. The first-order valence-electron chi connectivity index (χ1n) is 7.97. The minimum atomic E-state index is -0.602. The molecule has 2 rings (SSSR count). The molecule has 0 bridgehead atoms. The smallest absolute Gasteiger partial charge is 0.288 e. The zero-order valence-electron chi connectivity index (χ0n) is 14.1. The van der Waals surface area contributed by atoms with Crippen molar-refractivity contribution in [3.8, 4) is 0 Å². The van der Waals surface area contributed by atoms with Crippen molar-refractivity contribution in [2.75, 3.05) is 18.0 Å². The van der Waals surface area contributed by atoms with Gasteiger partial charge in [-0.2, -0.15) is 0 Å². The number of hydrogen-bond donors (Lipinski definition) is 0. The Morgan fingerprint density at radius 2 is 1.80 bits per heavy atom. The number of anilines is 1. The minimum Gasteiger partial charge on any atom is -0.372 e. The van der Waals surface area contributed by atoms with Crippen molar-refractivity contribution in [3.63, 3.8) is 0 Å². The molecule has 0 heterocycles. The van der Waals surface area contributed by atoms with E-state index in [9.17, 15) is 14.9 Å². The second-order valence-electron chi connectivity index (χ2n) is 5.38. The van der Waals surface area contributed by atoms with Gasteiger partial charge in [0.15, 0.2) is 5.78 Å². The SMILES string of the molecule is CCN(CC)c1ccc(/C=C/C(=O)c2ccc(Cl)c([N+](=O)[O-])c2)cc1. The van der Waals surface area contributed by atoms with Gasteiger partial charge in [0.05, 0.1) is 4.92 Å². The largest absolute Gasteiger partial charge is 0.372 e. The van der Waals surface area contributed by atoms with Crippen LogP contribution in [0.4, 0.5) is 11.4 Å². The predicted molar refractivity (Wildman–Crippen MR) is 101 cm³/mol. The number of carbonyl (C=O) groups excluding carboxylic acids is 1. The normalized spacial score (nSPS) is 10.8. The van der Waals surface area contributed by atoms with E-state index in [2.05, 4.69) is 18.7 Å². The highest BCUT2D eigenvalue weighted by molar-refractivity contribution is 6.32. The molecule has 0 amide bonds. The molecule has 25 heavy (non-hydrogen) atoms. The molecule has 0 unspecified atom stereocenters. The second-order valence-corrected chi connectivity index (χ2v) is 5.79. The van der Waals surface area contributed by atoms with Crippen LogP contribution in [-0.4, -0.2) is 23.8 Å². The third kappa shape index (κ3) is 4.67. The van der Waals surface area contributed by atoms with Gasteiger partial charge in [-0.25, -0.2) is 0 Å². The molecular formula is C19H19ClN2O3. The number of rotatable bonds is 7. The lowest BCUT2D eigenvalue weighted by molar-refractivity contribution is -0.384. The lowest BCUT2D eigenvalue weighted by atomic mass is 10.1. The molecule has 0 saturated carbocycles. The van der Waals surface area contributed by atoms with Gasteiger partial charge in [-0.15, -0.1) is 0 Å². The number of nitro benzene ring substituents is 1. The molecule has 0 saturated heterocycles. The number of hydrogen-bond acceptors (Lipinski definition) is 4. The summed E-state index contributed by atoms with van der Waals surface area (Å²) in [5.74, 6) is -0.312. The molecule has 0 atom stereocenters. The van der Waals surface area contributed by atoms with Crippen LogP contribution < -0.4 is 4.90 Å². The highest BCUT2D eigenvalue weighted by Crippen LogP contribution is 2.25. The standard InChI is InChI=1S/C19H19ClN2O3/c1-3-21(4-2)16-9-5-14(6-10-16)7-12-19(23)15-8-11-17(20)18(13-15)22(24)25/h5-13H,3-4H2,1-2H3/b12-7+. The van der Waals surface area contributed by atoms with Crippen LogP contribution in [-0.2, 0) is 0 Å². The van der Waals surface area contributed by atoms with Crippen LogP contribution in [0, 0.1) is 10.1 Å². The van der Waals surface area contributed by atoms with Gasteiger partial charge in [0.1, 0.15) is 5.02 Å². The van der Waals surface area contributed by atoms with Crippen LogP contribution in [0.15, 0.2) is 48.5 Å². The quantitative estimate of drug-likeness (QED) is 0.302. The van der Waals surface area contributed by atoms with Crippen molar-refractivity contribution in [1.82, 2.24) is 0 Å². The summed E-state index contributed by atoms with van der Waals surface area (Å²) in [6, 6.07) is 11.9. The van der Waals surface area contributed by atoms with Gasteiger partial charge in [-0.05, 0) is 49.8 Å². The Hall–Kier alpha value is -2.66. The van der Waals surface area contributed by atoms with Crippen molar-refractivity contribution in [2.24, 2.45) is 0 Å². The number of nitrogens with zero attached hydrogens (tertiary/aromatic N) is 2. The maximum Gasteiger partial charge on any atom is 0.288 e. The number of halogens is 1. The maximum absolute atomic E-state index is 12.2. The summed E-state index contributed by atoms with van der Waals surface area (Å²) < 4.78 is 0. The van der Waals surface area contributed by atoms with Crippen LogP contribution in [0.1, 0.15) is 29.8 Å². The van der Waals surface area contributed by atoms with E-state index in [0.29, 0.717) is 0 Å². The van der Waals surface area contributed by atoms with E-state index in [-0.39, 0.29) is 22.1 Å². The van der Waals surface area contributed by atoms with Crippen molar-refractivity contribution in [2.45, 2.75) is 13.8 Å². The Labute approximate surface area is 151 Å². The molecule has 0 aromatic heterocycles. The summed E-state index contributed by atoms with van der Waals surface area (Å²) in [4.78, 5) is 24.7. The van der Waals surface area contributed by atoms with E-state index in [1.807, 2.05) is 24.3 Å². The van der Waals surface area contributed by atoms with Gasteiger partial charge < -0.3 is 4.90 Å². The first kappa shape index (κ1) is 18.7. The van der Waals surface area contributed by atoms with Crippen LogP contribution >= 0.6 is 11.6 Å². The minimum absolute atomic E-state index is 0.0116. The number of ketones is 1. The van der Waals surface area contributed by atoms with Gasteiger partial charge in [0.2, 0.25) is 0 Å². The molecule has 0 aliphatic rings. The first-order valence-corrected chi connectivity index (χ1v) is 8.35. The zero-order chi connectivity index (χ0) is 18.4. The lowest BCUT2D eigenvalue weighted by Gasteiger charge is -2.20.